The average molecular weight is 264 g/mol. The minimum absolute atomic E-state index is 0.124. The molecule has 4 rings (SSSR count). The maximum atomic E-state index is 13.6. The maximum absolute atomic E-state index is 13.6. The second-order valence-electron chi connectivity index (χ2n) is 6.13. The third kappa shape index (κ3) is 1.59. The van der Waals surface area contributed by atoms with E-state index in [1.165, 1.54) is 22.3 Å². The van der Waals surface area contributed by atoms with Gasteiger partial charge in [0.15, 0.2) is 0 Å². The fourth-order valence-corrected chi connectivity index (χ4v) is 3.89. The van der Waals surface area contributed by atoms with Crippen molar-refractivity contribution in [1.29, 1.82) is 0 Å². The van der Waals surface area contributed by atoms with Crippen molar-refractivity contribution in [3.8, 4) is 0 Å². The molecule has 1 saturated carbocycles. The first-order chi connectivity index (χ1) is 9.73. The lowest BCUT2D eigenvalue weighted by Gasteiger charge is -2.18. The van der Waals surface area contributed by atoms with Crippen LogP contribution in [0.5, 0.6) is 0 Å². The van der Waals surface area contributed by atoms with E-state index < -0.39 is 0 Å². The average Bonchev–Trinajstić information content (AvgIpc) is 3.18. The van der Waals surface area contributed by atoms with Gasteiger partial charge in [-0.25, -0.2) is 4.39 Å². The van der Waals surface area contributed by atoms with Crippen molar-refractivity contribution in [2.75, 3.05) is 0 Å². The predicted molar refractivity (Wildman–Crippen MR) is 79.3 cm³/mol. The van der Waals surface area contributed by atoms with Gasteiger partial charge in [-0.15, -0.1) is 6.58 Å². The van der Waals surface area contributed by atoms with Crippen LogP contribution >= 0.6 is 0 Å². The third-order valence-corrected chi connectivity index (χ3v) is 5.03. The van der Waals surface area contributed by atoms with Crippen LogP contribution in [0.25, 0.3) is 0 Å². The first-order valence-corrected chi connectivity index (χ1v) is 7.21. The van der Waals surface area contributed by atoms with Crippen molar-refractivity contribution in [3.05, 3.63) is 83.2 Å². The molecule has 20 heavy (non-hydrogen) atoms. The van der Waals surface area contributed by atoms with Crippen molar-refractivity contribution in [2.24, 2.45) is 5.92 Å². The van der Waals surface area contributed by atoms with Gasteiger partial charge in [0.05, 0.1) is 0 Å². The summed E-state index contributed by atoms with van der Waals surface area (Å²) >= 11 is 0. The Morgan fingerprint density at radius 3 is 2.75 bits per heavy atom. The second-order valence-corrected chi connectivity index (χ2v) is 6.13. The van der Waals surface area contributed by atoms with E-state index in [2.05, 4.69) is 36.9 Å². The molecule has 0 aromatic heterocycles. The van der Waals surface area contributed by atoms with Crippen LogP contribution in [0.15, 0.2) is 55.1 Å². The Kier molecular flexibility index (Phi) is 2.41. The summed E-state index contributed by atoms with van der Waals surface area (Å²) in [5, 5.41) is 0. The van der Waals surface area contributed by atoms with Gasteiger partial charge >= 0.3 is 0 Å². The molecular weight excluding hydrogens is 247 g/mol. The number of halogens is 1. The van der Waals surface area contributed by atoms with E-state index in [0.717, 1.165) is 19.3 Å². The SMILES string of the molecule is C=C[C@@H]1C[C@]12Cc1cc(F)ccc1Cc1ccccc12. The van der Waals surface area contributed by atoms with E-state index in [0.29, 0.717) is 5.92 Å². The number of rotatable bonds is 1. The molecule has 2 aliphatic rings. The summed E-state index contributed by atoms with van der Waals surface area (Å²) in [4.78, 5) is 0. The van der Waals surface area contributed by atoms with Crippen LogP contribution in [0.3, 0.4) is 0 Å². The Morgan fingerprint density at radius 1 is 1.10 bits per heavy atom. The highest BCUT2D eigenvalue weighted by Gasteiger charge is 2.54. The molecule has 1 fully saturated rings. The molecule has 2 atom stereocenters. The van der Waals surface area contributed by atoms with E-state index in [4.69, 9.17) is 0 Å². The highest BCUT2D eigenvalue weighted by molar-refractivity contribution is 5.50. The maximum Gasteiger partial charge on any atom is 0.123 e. The summed E-state index contributed by atoms with van der Waals surface area (Å²) in [6.07, 6.45) is 5.07. The monoisotopic (exact) mass is 264 g/mol. The second kappa shape index (κ2) is 4.05. The molecule has 100 valence electrons. The molecule has 0 N–H and O–H groups in total. The van der Waals surface area contributed by atoms with Crippen molar-refractivity contribution in [3.63, 3.8) is 0 Å². The minimum Gasteiger partial charge on any atom is -0.207 e. The molecule has 1 heteroatoms. The van der Waals surface area contributed by atoms with Gasteiger partial charge in [-0.3, -0.25) is 0 Å². The number of benzene rings is 2. The Bertz CT molecular complexity index is 701. The topological polar surface area (TPSA) is 0 Å². The van der Waals surface area contributed by atoms with Crippen LogP contribution in [0.4, 0.5) is 4.39 Å². The normalized spacial score (nSPS) is 26.6. The van der Waals surface area contributed by atoms with E-state index in [1.54, 1.807) is 12.1 Å². The zero-order valence-electron chi connectivity index (χ0n) is 11.4. The van der Waals surface area contributed by atoms with E-state index >= 15 is 0 Å². The highest BCUT2D eigenvalue weighted by Crippen LogP contribution is 2.59. The zero-order valence-corrected chi connectivity index (χ0v) is 11.4. The summed E-state index contributed by atoms with van der Waals surface area (Å²) in [6, 6.07) is 13.9. The van der Waals surface area contributed by atoms with Crippen LogP contribution < -0.4 is 0 Å². The van der Waals surface area contributed by atoms with Crippen molar-refractivity contribution in [2.45, 2.75) is 24.7 Å². The van der Waals surface area contributed by atoms with Gasteiger partial charge in [-0.2, -0.15) is 0 Å². The van der Waals surface area contributed by atoms with E-state index in [1.807, 2.05) is 6.07 Å². The van der Waals surface area contributed by atoms with Crippen LogP contribution in [0.2, 0.25) is 0 Å². The van der Waals surface area contributed by atoms with Gasteiger partial charge < -0.3 is 0 Å². The van der Waals surface area contributed by atoms with Crippen LogP contribution in [0.1, 0.15) is 28.7 Å². The highest BCUT2D eigenvalue weighted by atomic mass is 19.1. The molecule has 1 spiro atoms. The fourth-order valence-electron chi connectivity index (χ4n) is 3.89. The summed E-state index contributed by atoms with van der Waals surface area (Å²) in [6.45, 7) is 3.98. The summed E-state index contributed by atoms with van der Waals surface area (Å²) in [5.41, 5.74) is 5.44. The number of fused-ring (bicyclic) bond motifs is 3. The Labute approximate surface area is 119 Å². The Hall–Kier alpha value is -1.89. The fraction of sp³-hybridized carbons (Fsp3) is 0.263. The first kappa shape index (κ1) is 11.9. The summed E-state index contributed by atoms with van der Waals surface area (Å²) in [7, 11) is 0. The van der Waals surface area contributed by atoms with Crippen LogP contribution in [-0.2, 0) is 18.3 Å². The summed E-state index contributed by atoms with van der Waals surface area (Å²) < 4.78 is 13.6. The van der Waals surface area contributed by atoms with Crippen molar-refractivity contribution in [1.82, 2.24) is 0 Å². The van der Waals surface area contributed by atoms with Gasteiger partial charge in [0.1, 0.15) is 5.82 Å². The predicted octanol–water partition coefficient (Wildman–Crippen LogP) is 4.42. The molecule has 2 aromatic rings. The standard InChI is InChI=1S/C19H17F/c1-2-16-12-19(16)11-15-10-17(20)8-7-13(15)9-14-5-3-4-6-18(14)19/h2-8,10,16H,1,9,11-12H2/t16-,19-/m1/s1. The summed E-state index contributed by atoms with van der Waals surface area (Å²) in [5.74, 6) is 0.401. The van der Waals surface area contributed by atoms with Gasteiger partial charge in [0, 0.05) is 5.41 Å². The molecule has 0 amide bonds. The molecule has 0 heterocycles. The molecule has 0 nitrogen and oxygen atoms in total. The third-order valence-electron chi connectivity index (χ3n) is 5.03. The van der Waals surface area contributed by atoms with E-state index in [-0.39, 0.29) is 11.2 Å². The molecular formula is C19H17F. The van der Waals surface area contributed by atoms with Gasteiger partial charge in [0.25, 0.3) is 0 Å². The number of allylic oxidation sites excluding steroid dienone is 1. The molecule has 0 radical (unpaired) electrons. The number of hydrogen-bond donors (Lipinski definition) is 0. The molecule has 0 aliphatic heterocycles. The minimum atomic E-state index is -0.124. The quantitative estimate of drug-likeness (QED) is 0.669. The zero-order chi connectivity index (χ0) is 13.7. The smallest absolute Gasteiger partial charge is 0.123 e. The lowest BCUT2D eigenvalue weighted by atomic mass is 9.86. The Balaban J connectivity index is 1.92. The van der Waals surface area contributed by atoms with Crippen LogP contribution in [0, 0.1) is 11.7 Å². The first-order valence-electron chi connectivity index (χ1n) is 7.21. The van der Waals surface area contributed by atoms with Crippen LogP contribution in [-0.4, -0.2) is 0 Å². The molecule has 2 aliphatic carbocycles. The van der Waals surface area contributed by atoms with Crippen molar-refractivity contribution >= 4 is 0 Å². The molecule has 2 aromatic carbocycles. The van der Waals surface area contributed by atoms with Gasteiger partial charge in [-0.1, -0.05) is 36.4 Å². The molecule has 0 saturated heterocycles. The largest absolute Gasteiger partial charge is 0.207 e. The van der Waals surface area contributed by atoms with Gasteiger partial charge in [0.2, 0.25) is 0 Å². The lowest BCUT2D eigenvalue weighted by Crippen LogP contribution is -2.14. The van der Waals surface area contributed by atoms with Crippen molar-refractivity contribution < 1.29 is 4.39 Å². The number of hydrogen-bond acceptors (Lipinski definition) is 0. The van der Waals surface area contributed by atoms with Gasteiger partial charge in [-0.05, 0) is 59.6 Å². The van der Waals surface area contributed by atoms with E-state index in [9.17, 15) is 4.39 Å². The molecule has 0 unspecified atom stereocenters. The Morgan fingerprint density at radius 2 is 1.95 bits per heavy atom. The molecule has 0 bridgehead atoms. The lowest BCUT2D eigenvalue weighted by molar-refractivity contribution is 0.614.